The van der Waals surface area contributed by atoms with Crippen LogP contribution in [0.25, 0.3) is 4.85 Å². The molecular weight excluding hydrogens is 502 g/mol. The molecule has 2 heterocycles. The highest BCUT2D eigenvalue weighted by atomic mass is 32.2. The number of ether oxygens (including phenoxy) is 1. The SMILES string of the molecule is [C-]#[N+]c1ccc2c(c1)N(S(=O)(=O)c1ccc(OC(F)(F)F)cc1)Cc1ccc(C(F)(F)F)nc1N2. The summed E-state index contributed by atoms with van der Waals surface area (Å²) in [6.07, 6.45) is -9.72. The highest BCUT2D eigenvalue weighted by molar-refractivity contribution is 7.92. The summed E-state index contributed by atoms with van der Waals surface area (Å²) >= 11 is 0. The van der Waals surface area contributed by atoms with Crippen LogP contribution < -0.4 is 14.4 Å². The topological polar surface area (TPSA) is 75.9 Å². The number of alkyl halides is 6. The monoisotopic (exact) mass is 514 g/mol. The first-order valence-electron chi connectivity index (χ1n) is 9.52. The van der Waals surface area contributed by atoms with E-state index in [2.05, 4.69) is 19.9 Å². The van der Waals surface area contributed by atoms with E-state index in [0.29, 0.717) is 6.07 Å². The van der Waals surface area contributed by atoms with Crippen LogP contribution >= 0.6 is 0 Å². The Balaban J connectivity index is 1.82. The number of hydrogen-bond donors (Lipinski definition) is 1. The smallest absolute Gasteiger partial charge is 0.406 e. The van der Waals surface area contributed by atoms with Crippen LogP contribution in [0.3, 0.4) is 0 Å². The molecule has 0 radical (unpaired) electrons. The number of pyridine rings is 1. The van der Waals surface area contributed by atoms with E-state index in [-0.39, 0.29) is 28.4 Å². The van der Waals surface area contributed by atoms with Gasteiger partial charge >= 0.3 is 12.5 Å². The van der Waals surface area contributed by atoms with Gasteiger partial charge in [0.15, 0.2) is 5.69 Å². The third-order valence-corrected chi connectivity index (χ3v) is 6.63. The summed E-state index contributed by atoms with van der Waals surface area (Å²) in [5.41, 5.74) is -1.04. The molecule has 2 aromatic carbocycles. The van der Waals surface area contributed by atoms with Gasteiger partial charge in [-0.15, -0.1) is 13.2 Å². The van der Waals surface area contributed by atoms with E-state index < -0.39 is 45.4 Å². The van der Waals surface area contributed by atoms with Gasteiger partial charge < -0.3 is 10.1 Å². The number of nitrogens with one attached hydrogen (secondary N) is 1. The van der Waals surface area contributed by atoms with Gasteiger partial charge in [-0.3, -0.25) is 4.31 Å². The second kappa shape index (κ2) is 8.35. The van der Waals surface area contributed by atoms with Crippen LogP contribution in [-0.4, -0.2) is 19.8 Å². The van der Waals surface area contributed by atoms with Gasteiger partial charge in [-0.25, -0.2) is 18.2 Å². The molecule has 0 amide bonds. The van der Waals surface area contributed by atoms with E-state index in [4.69, 9.17) is 6.57 Å². The molecule has 14 heteroatoms. The minimum atomic E-state index is -4.97. The lowest BCUT2D eigenvalue weighted by atomic mass is 10.2. The molecule has 1 aliphatic rings. The molecule has 0 saturated heterocycles. The Morgan fingerprint density at radius 2 is 1.69 bits per heavy atom. The minimum absolute atomic E-state index is 0.0505. The maximum Gasteiger partial charge on any atom is 0.573 e. The average molecular weight is 514 g/mol. The summed E-state index contributed by atoms with van der Waals surface area (Å²) in [5.74, 6) is -0.873. The zero-order chi connectivity index (χ0) is 25.6. The predicted molar refractivity (Wildman–Crippen MR) is 112 cm³/mol. The Morgan fingerprint density at radius 1 is 1.00 bits per heavy atom. The zero-order valence-corrected chi connectivity index (χ0v) is 18.0. The summed E-state index contributed by atoms with van der Waals surface area (Å²) in [5, 5.41) is 2.69. The quantitative estimate of drug-likeness (QED) is 0.343. The lowest BCUT2D eigenvalue weighted by molar-refractivity contribution is -0.274. The molecule has 0 unspecified atom stereocenters. The van der Waals surface area contributed by atoms with Crippen LogP contribution in [0, 0.1) is 6.57 Å². The largest absolute Gasteiger partial charge is 0.573 e. The first kappa shape index (κ1) is 24.1. The van der Waals surface area contributed by atoms with Gasteiger partial charge in [-0.1, -0.05) is 12.1 Å². The van der Waals surface area contributed by atoms with Crippen LogP contribution in [0.4, 0.5) is 49.2 Å². The molecule has 4 rings (SSSR count). The van der Waals surface area contributed by atoms with Crippen molar-refractivity contribution >= 4 is 32.9 Å². The Kier molecular flexibility index (Phi) is 5.76. The molecule has 0 atom stereocenters. The van der Waals surface area contributed by atoms with Gasteiger partial charge in [-0.2, -0.15) is 13.2 Å². The first-order valence-corrected chi connectivity index (χ1v) is 11.0. The van der Waals surface area contributed by atoms with Crippen LogP contribution in [0.1, 0.15) is 11.3 Å². The highest BCUT2D eigenvalue weighted by Crippen LogP contribution is 2.41. The lowest BCUT2D eigenvalue weighted by Gasteiger charge is -2.25. The van der Waals surface area contributed by atoms with Crippen molar-refractivity contribution in [2.75, 3.05) is 9.62 Å². The second-order valence-electron chi connectivity index (χ2n) is 7.17. The summed E-state index contributed by atoms with van der Waals surface area (Å²) in [6, 6.07) is 9.10. The predicted octanol–water partition coefficient (Wildman–Crippen LogP) is 6.00. The standard InChI is InChI=1S/C21H12F6N4O3S/c1-28-13-3-8-16-17(10-13)31(11-12-2-9-18(20(22,23)24)30-19(12)29-16)35(32,33)15-6-4-14(5-7-15)34-21(25,26)27/h2-10H,11H2,(H,29,30). The molecule has 1 N–H and O–H groups in total. The van der Waals surface area contributed by atoms with Crippen LogP contribution in [0.5, 0.6) is 5.75 Å². The lowest BCUT2D eigenvalue weighted by Crippen LogP contribution is -2.30. The van der Waals surface area contributed by atoms with E-state index in [9.17, 15) is 34.8 Å². The van der Waals surface area contributed by atoms with Crippen LogP contribution in [0.2, 0.25) is 0 Å². The van der Waals surface area contributed by atoms with E-state index in [1.165, 1.54) is 18.2 Å². The number of rotatable bonds is 3. The fourth-order valence-electron chi connectivity index (χ4n) is 3.31. The first-order chi connectivity index (χ1) is 16.3. The zero-order valence-electron chi connectivity index (χ0n) is 17.1. The molecule has 0 fully saturated rings. The van der Waals surface area contributed by atoms with Crippen molar-refractivity contribution in [1.82, 2.24) is 4.98 Å². The molecule has 35 heavy (non-hydrogen) atoms. The Hall–Kier alpha value is -3.99. The van der Waals surface area contributed by atoms with Crippen molar-refractivity contribution in [2.45, 2.75) is 24.0 Å². The van der Waals surface area contributed by atoms with Crippen molar-refractivity contribution in [2.24, 2.45) is 0 Å². The van der Waals surface area contributed by atoms with Crippen molar-refractivity contribution in [3.63, 3.8) is 0 Å². The molecule has 1 aromatic heterocycles. The molecule has 0 saturated carbocycles. The normalized spacial score (nSPS) is 13.7. The molecule has 0 spiro atoms. The van der Waals surface area contributed by atoms with E-state index >= 15 is 0 Å². The summed E-state index contributed by atoms with van der Waals surface area (Å²) in [7, 11) is -4.46. The number of benzene rings is 2. The molecule has 0 aliphatic carbocycles. The molecule has 7 nitrogen and oxygen atoms in total. The summed E-state index contributed by atoms with van der Waals surface area (Å²) in [4.78, 5) is 6.42. The molecule has 1 aliphatic heterocycles. The van der Waals surface area contributed by atoms with E-state index in [1.54, 1.807) is 0 Å². The van der Waals surface area contributed by atoms with Crippen molar-refractivity contribution in [1.29, 1.82) is 0 Å². The number of fused-ring (bicyclic) bond motifs is 2. The summed E-state index contributed by atoms with van der Waals surface area (Å²) in [6.45, 7) is 6.75. The van der Waals surface area contributed by atoms with Gasteiger partial charge in [0.25, 0.3) is 10.0 Å². The number of sulfonamides is 1. The Morgan fingerprint density at radius 3 is 2.29 bits per heavy atom. The van der Waals surface area contributed by atoms with E-state index in [1.807, 2.05) is 0 Å². The van der Waals surface area contributed by atoms with Gasteiger partial charge in [0.05, 0.1) is 29.4 Å². The fraction of sp³-hybridized carbons (Fsp3) is 0.143. The van der Waals surface area contributed by atoms with Crippen molar-refractivity contribution < 1.29 is 39.5 Å². The number of anilines is 3. The highest BCUT2D eigenvalue weighted by Gasteiger charge is 2.36. The Bertz CT molecular complexity index is 1430. The number of hydrogen-bond acceptors (Lipinski definition) is 5. The number of halogens is 6. The van der Waals surface area contributed by atoms with E-state index in [0.717, 1.165) is 34.6 Å². The molecule has 0 bridgehead atoms. The third-order valence-electron chi connectivity index (χ3n) is 4.86. The maximum atomic E-state index is 13.5. The number of aromatic nitrogens is 1. The van der Waals surface area contributed by atoms with Gasteiger partial charge in [0.1, 0.15) is 17.3 Å². The third kappa shape index (κ3) is 4.94. The van der Waals surface area contributed by atoms with Gasteiger partial charge in [0.2, 0.25) is 0 Å². The van der Waals surface area contributed by atoms with Gasteiger partial charge in [-0.05, 0) is 42.5 Å². The molecule has 182 valence electrons. The van der Waals surface area contributed by atoms with Crippen LogP contribution in [-0.2, 0) is 22.7 Å². The molecular formula is C21H12F6N4O3S. The van der Waals surface area contributed by atoms with Crippen molar-refractivity contribution in [3.8, 4) is 5.75 Å². The minimum Gasteiger partial charge on any atom is -0.406 e. The van der Waals surface area contributed by atoms with Gasteiger partial charge in [0, 0.05) is 5.56 Å². The van der Waals surface area contributed by atoms with Crippen LogP contribution in [0.15, 0.2) is 59.5 Å². The fourth-order valence-corrected chi connectivity index (χ4v) is 4.76. The maximum absolute atomic E-state index is 13.5. The average Bonchev–Trinajstić information content (AvgIpc) is 2.93. The Labute approximate surface area is 194 Å². The molecule has 3 aromatic rings. The second-order valence-corrected chi connectivity index (χ2v) is 9.03. The van der Waals surface area contributed by atoms with Crippen molar-refractivity contribution in [3.05, 3.63) is 77.3 Å². The summed E-state index contributed by atoms with van der Waals surface area (Å²) < 4.78 is 108. The number of nitrogens with zero attached hydrogens (tertiary/aromatic N) is 3.